The molecular formula is C19H27N3O2. The Labute approximate surface area is 143 Å². The van der Waals surface area contributed by atoms with Gasteiger partial charge >= 0.3 is 0 Å². The first kappa shape index (κ1) is 17.0. The molecule has 130 valence electrons. The van der Waals surface area contributed by atoms with Crippen LogP contribution in [0.3, 0.4) is 0 Å². The molecule has 1 aromatic rings. The fourth-order valence-electron chi connectivity index (χ4n) is 4.02. The summed E-state index contributed by atoms with van der Waals surface area (Å²) in [5.74, 6) is -0.534. The van der Waals surface area contributed by atoms with Crippen LogP contribution in [0.15, 0.2) is 24.3 Å². The van der Waals surface area contributed by atoms with Gasteiger partial charge in [0.1, 0.15) is 0 Å². The van der Waals surface area contributed by atoms with E-state index in [0.717, 1.165) is 12.8 Å². The normalized spacial score (nSPS) is 21.5. The fourth-order valence-corrected chi connectivity index (χ4v) is 4.02. The molecule has 1 aliphatic carbocycles. The van der Waals surface area contributed by atoms with Crippen LogP contribution in [0, 0.1) is 5.41 Å². The lowest BCUT2D eigenvalue weighted by atomic mass is 9.67. The molecule has 2 amide bonds. The van der Waals surface area contributed by atoms with E-state index in [4.69, 9.17) is 5.73 Å². The van der Waals surface area contributed by atoms with Gasteiger partial charge in [0.25, 0.3) is 5.91 Å². The maximum absolute atomic E-state index is 12.4. The molecule has 1 saturated heterocycles. The zero-order chi connectivity index (χ0) is 17.2. The second-order valence-corrected chi connectivity index (χ2v) is 7.49. The quantitative estimate of drug-likeness (QED) is 0.892. The Morgan fingerprint density at radius 2 is 1.58 bits per heavy atom. The number of hydrogen-bond acceptors (Lipinski definition) is 3. The first-order valence-corrected chi connectivity index (χ1v) is 8.87. The summed E-state index contributed by atoms with van der Waals surface area (Å²) in [6, 6.07) is 6.80. The molecule has 2 aliphatic rings. The molecule has 0 unspecified atom stereocenters. The minimum Gasteiger partial charge on any atom is -0.366 e. The third-order valence-corrected chi connectivity index (χ3v) is 5.86. The van der Waals surface area contributed by atoms with Gasteiger partial charge in [0, 0.05) is 17.2 Å². The number of nitrogens with two attached hydrogens (primary N) is 1. The van der Waals surface area contributed by atoms with Crippen molar-refractivity contribution in [2.24, 2.45) is 11.1 Å². The zero-order valence-corrected chi connectivity index (χ0v) is 14.4. The number of benzene rings is 1. The van der Waals surface area contributed by atoms with E-state index in [1.165, 1.54) is 38.8 Å². The van der Waals surface area contributed by atoms with Gasteiger partial charge < -0.3 is 16.0 Å². The predicted molar refractivity (Wildman–Crippen MR) is 93.8 cm³/mol. The van der Waals surface area contributed by atoms with Crippen molar-refractivity contribution in [3.8, 4) is 0 Å². The Morgan fingerprint density at radius 1 is 1.04 bits per heavy atom. The standard InChI is InChI=1S/C19H27N3O2/c1-22-12-10-19(11-13-22)8-6-16(7-9-19)21-18(24)15-4-2-14(3-5-15)17(20)23/h2-5,16H,6-13H2,1H3,(H2,20,23)(H,21,24). The van der Waals surface area contributed by atoms with E-state index in [1.54, 1.807) is 24.3 Å². The van der Waals surface area contributed by atoms with E-state index < -0.39 is 5.91 Å². The molecule has 5 nitrogen and oxygen atoms in total. The molecule has 3 N–H and O–H groups in total. The van der Waals surface area contributed by atoms with Crippen LogP contribution >= 0.6 is 0 Å². The highest BCUT2D eigenvalue weighted by molar-refractivity contribution is 5.97. The molecule has 1 spiro atoms. The first-order chi connectivity index (χ1) is 11.5. The number of rotatable bonds is 3. The monoisotopic (exact) mass is 329 g/mol. The van der Waals surface area contributed by atoms with Crippen molar-refractivity contribution in [2.75, 3.05) is 20.1 Å². The van der Waals surface area contributed by atoms with Gasteiger partial charge in [0.2, 0.25) is 5.91 Å². The number of hydrogen-bond donors (Lipinski definition) is 2. The number of nitrogens with zero attached hydrogens (tertiary/aromatic N) is 1. The van der Waals surface area contributed by atoms with E-state index in [-0.39, 0.29) is 11.9 Å². The van der Waals surface area contributed by atoms with Crippen molar-refractivity contribution < 1.29 is 9.59 Å². The molecule has 1 aliphatic heterocycles. The van der Waals surface area contributed by atoms with Crippen molar-refractivity contribution in [3.05, 3.63) is 35.4 Å². The number of carbonyl (C=O) groups is 2. The van der Waals surface area contributed by atoms with Gasteiger partial charge in [-0.25, -0.2) is 0 Å². The molecule has 0 bridgehead atoms. The van der Waals surface area contributed by atoms with E-state index in [0.29, 0.717) is 16.5 Å². The molecule has 1 heterocycles. The lowest BCUT2D eigenvalue weighted by Crippen LogP contribution is -2.44. The maximum Gasteiger partial charge on any atom is 0.251 e. The Bertz CT molecular complexity index is 594. The maximum atomic E-state index is 12.4. The van der Waals surface area contributed by atoms with Crippen LogP contribution in [0.1, 0.15) is 59.2 Å². The third-order valence-electron chi connectivity index (χ3n) is 5.86. The zero-order valence-electron chi connectivity index (χ0n) is 14.4. The summed E-state index contributed by atoms with van der Waals surface area (Å²) in [6.45, 7) is 2.40. The van der Waals surface area contributed by atoms with Crippen LogP contribution in [-0.4, -0.2) is 42.9 Å². The summed E-state index contributed by atoms with van der Waals surface area (Å²) < 4.78 is 0. The molecule has 1 aromatic carbocycles. The molecule has 2 fully saturated rings. The van der Waals surface area contributed by atoms with Gasteiger partial charge in [-0.2, -0.15) is 0 Å². The number of piperidine rings is 1. The Hall–Kier alpha value is -1.88. The van der Waals surface area contributed by atoms with Gasteiger partial charge in [-0.15, -0.1) is 0 Å². The first-order valence-electron chi connectivity index (χ1n) is 8.87. The third kappa shape index (κ3) is 3.78. The van der Waals surface area contributed by atoms with Gasteiger partial charge in [-0.3, -0.25) is 9.59 Å². The van der Waals surface area contributed by atoms with E-state index >= 15 is 0 Å². The number of amides is 2. The lowest BCUT2D eigenvalue weighted by Gasteiger charge is -2.45. The fraction of sp³-hybridized carbons (Fsp3) is 0.579. The molecule has 0 aromatic heterocycles. The lowest BCUT2D eigenvalue weighted by molar-refractivity contribution is 0.0654. The van der Waals surface area contributed by atoms with Gasteiger partial charge in [0.15, 0.2) is 0 Å². The SMILES string of the molecule is CN1CCC2(CCC(NC(=O)c3ccc(C(N)=O)cc3)CC2)CC1. The number of primary amides is 1. The summed E-state index contributed by atoms with van der Waals surface area (Å²) >= 11 is 0. The summed E-state index contributed by atoms with van der Waals surface area (Å²) in [5.41, 5.74) is 6.74. The van der Waals surface area contributed by atoms with Gasteiger partial charge in [-0.1, -0.05) is 0 Å². The van der Waals surface area contributed by atoms with Crippen molar-refractivity contribution in [3.63, 3.8) is 0 Å². The van der Waals surface area contributed by atoms with E-state index in [1.807, 2.05) is 0 Å². The molecular weight excluding hydrogens is 302 g/mol. The Balaban J connectivity index is 1.52. The minimum atomic E-state index is -0.474. The van der Waals surface area contributed by atoms with E-state index in [2.05, 4.69) is 17.3 Å². The summed E-state index contributed by atoms with van der Waals surface area (Å²) in [4.78, 5) is 25.9. The molecule has 0 atom stereocenters. The number of nitrogens with one attached hydrogen (secondary N) is 1. The van der Waals surface area contributed by atoms with Crippen molar-refractivity contribution in [1.82, 2.24) is 10.2 Å². The molecule has 24 heavy (non-hydrogen) atoms. The average molecular weight is 329 g/mol. The van der Waals surface area contributed by atoms with Crippen molar-refractivity contribution >= 4 is 11.8 Å². The second kappa shape index (κ2) is 6.93. The number of likely N-dealkylation sites (tertiary alicyclic amines) is 1. The van der Waals surface area contributed by atoms with Crippen molar-refractivity contribution in [1.29, 1.82) is 0 Å². The van der Waals surface area contributed by atoms with Crippen LogP contribution < -0.4 is 11.1 Å². The minimum absolute atomic E-state index is 0.0599. The summed E-state index contributed by atoms with van der Waals surface area (Å²) in [7, 11) is 2.20. The summed E-state index contributed by atoms with van der Waals surface area (Å²) in [5, 5.41) is 3.15. The molecule has 5 heteroatoms. The smallest absolute Gasteiger partial charge is 0.251 e. The van der Waals surface area contributed by atoms with Crippen LogP contribution in [0.4, 0.5) is 0 Å². The molecule has 3 rings (SSSR count). The van der Waals surface area contributed by atoms with Gasteiger partial charge in [0.05, 0.1) is 0 Å². The highest BCUT2D eigenvalue weighted by Crippen LogP contribution is 2.44. The average Bonchev–Trinajstić information content (AvgIpc) is 2.60. The van der Waals surface area contributed by atoms with Crippen LogP contribution in [0.2, 0.25) is 0 Å². The summed E-state index contributed by atoms with van der Waals surface area (Å²) in [6.07, 6.45) is 7.14. The van der Waals surface area contributed by atoms with Gasteiger partial charge in [-0.05, 0) is 88.3 Å². The Kier molecular flexibility index (Phi) is 4.90. The second-order valence-electron chi connectivity index (χ2n) is 7.49. The topological polar surface area (TPSA) is 75.4 Å². The number of carbonyl (C=O) groups excluding carboxylic acids is 2. The largest absolute Gasteiger partial charge is 0.366 e. The molecule has 1 saturated carbocycles. The van der Waals surface area contributed by atoms with E-state index in [9.17, 15) is 9.59 Å². The van der Waals surface area contributed by atoms with Crippen LogP contribution in [0.5, 0.6) is 0 Å². The Morgan fingerprint density at radius 3 is 2.12 bits per heavy atom. The van der Waals surface area contributed by atoms with Crippen LogP contribution in [-0.2, 0) is 0 Å². The molecule has 0 radical (unpaired) electrons. The highest BCUT2D eigenvalue weighted by atomic mass is 16.2. The van der Waals surface area contributed by atoms with Crippen molar-refractivity contribution in [2.45, 2.75) is 44.6 Å². The highest BCUT2D eigenvalue weighted by Gasteiger charge is 2.37. The van der Waals surface area contributed by atoms with Crippen LogP contribution in [0.25, 0.3) is 0 Å². The predicted octanol–water partition coefficient (Wildman–Crippen LogP) is 2.17.